The maximum atomic E-state index is 14.0. The average Bonchev–Trinajstić information content (AvgIpc) is 3.40. The van der Waals surface area contributed by atoms with E-state index in [-0.39, 0.29) is 5.91 Å². The molecule has 10 heteroatoms. The summed E-state index contributed by atoms with van der Waals surface area (Å²) >= 11 is 1.55. The summed E-state index contributed by atoms with van der Waals surface area (Å²) in [7, 11) is 4.38. The summed E-state index contributed by atoms with van der Waals surface area (Å²) in [4.78, 5) is 42.6. The smallest absolute Gasteiger partial charge is 0.326 e. The predicted octanol–water partition coefficient (Wildman–Crippen LogP) is 3.22. The Kier molecular flexibility index (Phi) is 7.99. The number of fused-ring (bicyclic) bond motifs is 1. The molecular formula is C27H32N2O7S. The number of anilines is 1. The molecular weight excluding hydrogens is 496 g/mol. The van der Waals surface area contributed by atoms with Crippen molar-refractivity contribution in [2.75, 3.05) is 44.8 Å². The van der Waals surface area contributed by atoms with Crippen LogP contribution >= 0.6 is 11.8 Å². The molecule has 2 aliphatic heterocycles. The lowest BCUT2D eigenvalue weighted by atomic mass is 9.77. The highest BCUT2D eigenvalue weighted by molar-refractivity contribution is 7.98. The van der Waals surface area contributed by atoms with Crippen LogP contribution in [-0.4, -0.2) is 63.3 Å². The summed E-state index contributed by atoms with van der Waals surface area (Å²) in [5.74, 6) is -0.897. The zero-order chi connectivity index (χ0) is 26.7. The Labute approximate surface area is 220 Å². The Hall–Kier alpha value is -3.24. The summed E-state index contributed by atoms with van der Waals surface area (Å²) < 4.78 is 21.7. The second kappa shape index (κ2) is 11.0. The number of imide groups is 1. The van der Waals surface area contributed by atoms with Gasteiger partial charge in [-0.3, -0.25) is 19.7 Å². The molecule has 2 aliphatic rings. The lowest BCUT2D eigenvalue weighted by Gasteiger charge is -2.32. The van der Waals surface area contributed by atoms with Gasteiger partial charge in [0.05, 0.1) is 45.5 Å². The van der Waals surface area contributed by atoms with Gasteiger partial charge in [-0.05, 0) is 55.7 Å². The van der Waals surface area contributed by atoms with E-state index in [1.165, 1.54) is 19.1 Å². The van der Waals surface area contributed by atoms with Gasteiger partial charge in [0.15, 0.2) is 0 Å². The number of esters is 1. The van der Waals surface area contributed by atoms with E-state index in [1.54, 1.807) is 61.3 Å². The van der Waals surface area contributed by atoms with E-state index in [0.29, 0.717) is 47.3 Å². The second-order valence-corrected chi connectivity index (χ2v) is 9.86. The Bertz CT molecular complexity index is 1170. The van der Waals surface area contributed by atoms with Gasteiger partial charge in [-0.1, -0.05) is 6.07 Å². The molecule has 198 valence electrons. The minimum atomic E-state index is -1.38. The number of nitrogens with zero attached hydrogens (tertiary/aromatic N) is 1. The number of rotatable bonds is 10. The molecule has 2 fully saturated rings. The fourth-order valence-corrected chi connectivity index (χ4v) is 5.95. The molecule has 0 spiro atoms. The van der Waals surface area contributed by atoms with Crippen LogP contribution in [0, 0.1) is 11.8 Å². The molecule has 4 rings (SSSR count). The van der Waals surface area contributed by atoms with Crippen LogP contribution in [-0.2, 0) is 19.1 Å². The van der Waals surface area contributed by atoms with Crippen LogP contribution in [0.5, 0.6) is 17.2 Å². The van der Waals surface area contributed by atoms with Crippen LogP contribution in [0.1, 0.15) is 24.9 Å². The Morgan fingerprint density at radius 1 is 1.03 bits per heavy atom. The van der Waals surface area contributed by atoms with Gasteiger partial charge < -0.3 is 18.9 Å². The Balaban J connectivity index is 1.85. The van der Waals surface area contributed by atoms with Crippen molar-refractivity contribution in [3.05, 3.63) is 48.0 Å². The second-order valence-electron chi connectivity index (χ2n) is 8.88. The fraction of sp³-hybridized carbons (Fsp3) is 0.444. The van der Waals surface area contributed by atoms with Crippen molar-refractivity contribution in [3.8, 4) is 17.2 Å². The van der Waals surface area contributed by atoms with Gasteiger partial charge in [0, 0.05) is 17.7 Å². The normalized spacial score (nSPS) is 24.7. The molecule has 2 aromatic carbocycles. The number of ether oxygens (including phenoxy) is 4. The highest BCUT2D eigenvalue weighted by Crippen LogP contribution is 2.53. The van der Waals surface area contributed by atoms with Crippen molar-refractivity contribution in [2.45, 2.75) is 24.9 Å². The third-order valence-electron chi connectivity index (χ3n) is 7.09. The standard InChI is InChI=1S/C27H32N2O7S/c1-6-36-17-9-7-16(8-10-17)29-24(30)21-22(25(29)31)27(13-14-37-5,26(32)35-4)28-23(21)19-12-11-18(33-2)15-20(19)34-3/h7-12,15,21-23,28H,6,13-14H2,1-5H3/t21-,22+,23+,27-/m1/s1. The first-order valence-corrected chi connectivity index (χ1v) is 13.4. The fourth-order valence-electron chi connectivity index (χ4n) is 5.42. The summed E-state index contributed by atoms with van der Waals surface area (Å²) in [5, 5.41) is 3.38. The maximum absolute atomic E-state index is 14.0. The average molecular weight is 529 g/mol. The Morgan fingerprint density at radius 2 is 1.73 bits per heavy atom. The largest absolute Gasteiger partial charge is 0.497 e. The van der Waals surface area contributed by atoms with Gasteiger partial charge in [-0.15, -0.1) is 0 Å². The molecule has 0 bridgehead atoms. The van der Waals surface area contributed by atoms with Crippen molar-refractivity contribution in [3.63, 3.8) is 0 Å². The molecule has 1 N–H and O–H groups in total. The van der Waals surface area contributed by atoms with Gasteiger partial charge in [-0.25, -0.2) is 4.90 Å². The van der Waals surface area contributed by atoms with E-state index in [0.717, 1.165) is 0 Å². The van der Waals surface area contributed by atoms with Crippen molar-refractivity contribution in [1.82, 2.24) is 5.32 Å². The quantitative estimate of drug-likeness (QED) is 0.368. The van der Waals surface area contributed by atoms with Crippen molar-refractivity contribution >= 4 is 35.2 Å². The van der Waals surface area contributed by atoms with Crippen LogP contribution < -0.4 is 24.4 Å². The van der Waals surface area contributed by atoms with E-state index in [2.05, 4.69) is 5.32 Å². The first kappa shape index (κ1) is 26.8. The molecule has 9 nitrogen and oxygen atoms in total. The van der Waals surface area contributed by atoms with Crippen LogP contribution in [0.25, 0.3) is 0 Å². The molecule has 2 saturated heterocycles. The number of carbonyl (C=O) groups excluding carboxylic acids is 3. The minimum Gasteiger partial charge on any atom is -0.497 e. The monoisotopic (exact) mass is 528 g/mol. The number of benzene rings is 2. The van der Waals surface area contributed by atoms with Crippen molar-refractivity contribution < 1.29 is 33.3 Å². The van der Waals surface area contributed by atoms with Gasteiger partial charge in [0.2, 0.25) is 11.8 Å². The zero-order valence-electron chi connectivity index (χ0n) is 21.6. The summed E-state index contributed by atoms with van der Waals surface area (Å²) in [6, 6.07) is 11.4. The van der Waals surface area contributed by atoms with Crippen molar-refractivity contribution in [2.24, 2.45) is 11.8 Å². The van der Waals surface area contributed by atoms with Gasteiger partial charge in [0.1, 0.15) is 22.8 Å². The van der Waals surface area contributed by atoms with Crippen molar-refractivity contribution in [1.29, 1.82) is 0 Å². The molecule has 0 radical (unpaired) electrons. The highest BCUT2D eigenvalue weighted by atomic mass is 32.2. The first-order valence-electron chi connectivity index (χ1n) is 12.0. The maximum Gasteiger partial charge on any atom is 0.326 e. The molecule has 0 saturated carbocycles. The van der Waals surface area contributed by atoms with Gasteiger partial charge >= 0.3 is 5.97 Å². The predicted molar refractivity (Wildman–Crippen MR) is 140 cm³/mol. The van der Waals surface area contributed by atoms with E-state index < -0.39 is 35.3 Å². The molecule has 0 aromatic heterocycles. The van der Waals surface area contributed by atoms with Gasteiger partial charge in [-0.2, -0.15) is 11.8 Å². The van der Waals surface area contributed by atoms with Crippen LogP contribution in [0.15, 0.2) is 42.5 Å². The molecule has 0 unspecified atom stereocenters. The Morgan fingerprint density at radius 3 is 2.32 bits per heavy atom. The number of amides is 2. The molecule has 4 atom stereocenters. The molecule has 37 heavy (non-hydrogen) atoms. The lowest BCUT2D eigenvalue weighted by molar-refractivity contribution is -0.152. The third-order valence-corrected chi connectivity index (χ3v) is 7.70. The topological polar surface area (TPSA) is 103 Å². The van der Waals surface area contributed by atoms with E-state index in [1.807, 2.05) is 13.2 Å². The third kappa shape index (κ3) is 4.53. The van der Waals surface area contributed by atoms with Gasteiger partial charge in [0.25, 0.3) is 0 Å². The molecule has 0 aliphatic carbocycles. The first-order chi connectivity index (χ1) is 17.9. The number of hydrogen-bond acceptors (Lipinski definition) is 9. The number of thioether (sulfide) groups is 1. The number of hydrogen-bond donors (Lipinski definition) is 1. The SMILES string of the molecule is CCOc1ccc(N2C(=O)[C@@H]3[C@@H](C2=O)[C@](CCSC)(C(=O)OC)N[C@H]3c2ccc(OC)cc2OC)cc1. The van der Waals surface area contributed by atoms with E-state index >= 15 is 0 Å². The van der Waals surface area contributed by atoms with E-state index in [9.17, 15) is 14.4 Å². The van der Waals surface area contributed by atoms with Crippen LogP contribution in [0.2, 0.25) is 0 Å². The van der Waals surface area contributed by atoms with Crippen LogP contribution in [0.3, 0.4) is 0 Å². The molecule has 2 amide bonds. The molecule has 2 heterocycles. The zero-order valence-corrected chi connectivity index (χ0v) is 22.4. The van der Waals surface area contributed by atoms with E-state index in [4.69, 9.17) is 18.9 Å². The number of carbonyl (C=O) groups is 3. The summed E-state index contributed by atoms with van der Waals surface area (Å²) in [6.45, 7) is 2.38. The number of methoxy groups -OCH3 is 3. The summed E-state index contributed by atoms with van der Waals surface area (Å²) in [5.41, 5.74) is -0.301. The lowest BCUT2D eigenvalue weighted by Crippen LogP contribution is -2.56. The minimum absolute atomic E-state index is 0.313. The molecule has 2 aromatic rings. The highest BCUT2D eigenvalue weighted by Gasteiger charge is 2.69. The van der Waals surface area contributed by atoms with Crippen LogP contribution in [0.4, 0.5) is 5.69 Å². The number of nitrogens with one attached hydrogen (secondary N) is 1. The summed E-state index contributed by atoms with van der Waals surface area (Å²) in [6.07, 6.45) is 2.24.